The fraction of sp³-hybridized carbons (Fsp3) is 0.100. The molecule has 3 heterocycles. The van der Waals surface area contributed by atoms with Gasteiger partial charge in [-0.3, -0.25) is 4.40 Å². The molecule has 0 aliphatic heterocycles. The van der Waals surface area contributed by atoms with Crippen molar-refractivity contribution in [2.45, 2.75) is 13.8 Å². The van der Waals surface area contributed by atoms with Gasteiger partial charge in [-0.2, -0.15) is 5.10 Å². The highest BCUT2D eigenvalue weighted by Gasteiger charge is 2.16. The van der Waals surface area contributed by atoms with E-state index in [0.29, 0.717) is 5.02 Å². The van der Waals surface area contributed by atoms with Crippen LogP contribution in [0.3, 0.4) is 0 Å². The third kappa shape index (κ3) is 2.49. The Kier molecular flexibility index (Phi) is 3.48. The number of fused-ring (bicyclic) bond motifs is 3. The molecule has 0 radical (unpaired) electrons. The van der Waals surface area contributed by atoms with E-state index in [2.05, 4.69) is 39.3 Å². The van der Waals surface area contributed by atoms with Gasteiger partial charge in [0.15, 0.2) is 17.1 Å². The van der Waals surface area contributed by atoms with Crippen LogP contribution in [-0.4, -0.2) is 29.4 Å². The first-order valence-electron chi connectivity index (χ1n) is 8.53. The van der Waals surface area contributed by atoms with E-state index in [4.69, 9.17) is 11.6 Å². The molecule has 0 aliphatic carbocycles. The van der Waals surface area contributed by atoms with Crippen molar-refractivity contribution in [3.63, 3.8) is 0 Å². The minimum absolute atomic E-state index is 0.657. The summed E-state index contributed by atoms with van der Waals surface area (Å²) in [4.78, 5) is 4.64. The molecule has 0 unspecified atom stereocenters. The van der Waals surface area contributed by atoms with Crippen LogP contribution in [0.15, 0.2) is 55.0 Å². The average Bonchev–Trinajstić information content (AvgIpc) is 3.27. The second-order valence-corrected chi connectivity index (χ2v) is 6.99. The molecule has 5 rings (SSSR count). The summed E-state index contributed by atoms with van der Waals surface area (Å²) in [5.74, 6) is 0.759. The Morgan fingerprint density at radius 1 is 0.963 bits per heavy atom. The second kappa shape index (κ2) is 5.89. The van der Waals surface area contributed by atoms with E-state index >= 15 is 0 Å². The van der Waals surface area contributed by atoms with Crippen LogP contribution in [-0.2, 0) is 0 Å². The fourth-order valence-corrected chi connectivity index (χ4v) is 3.46. The predicted molar refractivity (Wildman–Crippen MR) is 105 cm³/mol. The topological polar surface area (TPSA) is 60.9 Å². The number of aromatic nitrogens is 6. The van der Waals surface area contributed by atoms with Crippen LogP contribution in [0.2, 0.25) is 5.02 Å². The molecule has 7 heteroatoms. The molecule has 0 saturated carbocycles. The summed E-state index contributed by atoms with van der Waals surface area (Å²) in [5, 5.41) is 14.8. The number of aryl methyl sites for hydroxylation is 2. The molecule has 0 aliphatic rings. The largest absolute Gasteiger partial charge is 0.265 e. The van der Waals surface area contributed by atoms with Crippen LogP contribution < -0.4 is 0 Å². The zero-order chi connectivity index (χ0) is 18.5. The van der Waals surface area contributed by atoms with Crippen molar-refractivity contribution in [2.75, 3.05) is 0 Å². The third-order valence-corrected chi connectivity index (χ3v) is 4.89. The van der Waals surface area contributed by atoms with Crippen LogP contribution in [0.25, 0.3) is 33.8 Å². The van der Waals surface area contributed by atoms with Gasteiger partial charge in [-0.25, -0.2) is 9.67 Å². The maximum absolute atomic E-state index is 6.18. The van der Waals surface area contributed by atoms with Crippen LogP contribution in [0.4, 0.5) is 0 Å². The fourth-order valence-electron chi connectivity index (χ4n) is 3.29. The first-order chi connectivity index (χ1) is 13.1. The summed E-state index contributed by atoms with van der Waals surface area (Å²) in [6, 6.07) is 13.9. The Morgan fingerprint density at radius 3 is 2.70 bits per heavy atom. The van der Waals surface area contributed by atoms with E-state index in [1.54, 1.807) is 17.2 Å². The number of halogens is 1. The zero-order valence-electron chi connectivity index (χ0n) is 14.8. The molecule has 2 aromatic carbocycles. The lowest BCUT2D eigenvalue weighted by atomic mass is 10.1. The lowest BCUT2D eigenvalue weighted by molar-refractivity contribution is 0.886. The van der Waals surface area contributed by atoms with E-state index < -0.39 is 0 Å². The molecule has 6 nitrogen and oxygen atoms in total. The lowest BCUT2D eigenvalue weighted by Crippen LogP contribution is -2.01. The molecule has 132 valence electrons. The Morgan fingerprint density at radius 2 is 1.85 bits per heavy atom. The summed E-state index contributed by atoms with van der Waals surface area (Å²) < 4.78 is 3.69. The first kappa shape index (κ1) is 16.0. The van der Waals surface area contributed by atoms with Gasteiger partial charge in [-0.1, -0.05) is 41.4 Å². The molecule has 0 atom stereocenters. The van der Waals surface area contributed by atoms with E-state index in [0.717, 1.165) is 39.3 Å². The number of hydrogen-bond acceptors (Lipinski definition) is 4. The van der Waals surface area contributed by atoms with Crippen LogP contribution in [0.5, 0.6) is 0 Å². The smallest absolute Gasteiger partial charge is 0.175 e. The Hall–Kier alpha value is -3.25. The van der Waals surface area contributed by atoms with Gasteiger partial charge in [0, 0.05) is 10.6 Å². The van der Waals surface area contributed by atoms with Crippen LogP contribution in [0.1, 0.15) is 11.1 Å². The number of rotatable bonds is 2. The minimum atomic E-state index is 0.657. The van der Waals surface area contributed by atoms with Crippen LogP contribution in [0, 0.1) is 13.8 Å². The van der Waals surface area contributed by atoms with Crippen molar-refractivity contribution < 1.29 is 0 Å². The molecular weight excluding hydrogens is 360 g/mol. The normalized spacial score (nSPS) is 11.5. The highest BCUT2D eigenvalue weighted by molar-refractivity contribution is 6.30. The quantitative estimate of drug-likeness (QED) is 0.459. The summed E-state index contributed by atoms with van der Waals surface area (Å²) in [7, 11) is 0. The van der Waals surface area contributed by atoms with Gasteiger partial charge in [0.05, 0.1) is 17.3 Å². The highest BCUT2D eigenvalue weighted by atomic mass is 35.5. The number of nitrogens with zero attached hydrogens (tertiary/aromatic N) is 6. The van der Waals surface area contributed by atoms with Gasteiger partial charge in [-0.15, -0.1) is 10.2 Å². The van der Waals surface area contributed by atoms with Gasteiger partial charge in [0.2, 0.25) is 0 Å². The molecule has 0 N–H and O–H groups in total. The van der Waals surface area contributed by atoms with E-state index in [-0.39, 0.29) is 0 Å². The van der Waals surface area contributed by atoms with Gasteiger partial charge < -0.3 is 0 Å². The maximum Gasteiger partial charge on any atom is 0.175 e. The number of hydrogen-bond donors (Lipinski definition) is 0. The van der Waals surface area contributed by atoms with E-state index in [9.17, 15) is 0 Å². The Bertz CT molecular complexity index is 1320. The molecule has 5 aromatic rings. The summed E-state index contributed by atoms with van der Waals surface area (Å²) in [6.07, 6.45) is 3.51. The molecule has 0 saturated heterocycles. The summed E-state index contributed by atoms with van der Waals surface area (Å²) in [5.41, 5.74) is 5.57. The monoisotopic (exact) mass is 374 g/mol. The molecule has 0 amide bonds. The maximum atomic E-state index is 6.18. The van der Waals surface area contributed by atoms with E-state index in [1.165, 1.54) is 5.56 Å². The van der Waals surface area contributed by atoms with Crippen molar-refractivity contribution in [3.8, 4) is 17.1 Å². The highest BCUT2D eigenvalue weighted by Crippen LogP contribution is 2.26. The van der Waals surface area contributed by atoms with Crippen molar-refractivity contribution in [1.29, 1.82) is 0 Å². The molecule has 0 spiro atoms. The van der Waals surface area contributed by atoms with E-state index in [1.807, 2.05) is 41.7 Å². The minimum Gasteiger partial charge on any atom is -0.265 e. The van der Waals surface area contributed by atoms with Crippen molar-refractivity contribution >= 4 is 28.3 Å². The average molecular weight is 375 g/mol. The lowest BCUT2D eigenvalue weighted by Gasteiger charge is -2.07. The van der Waals surface area contributed by atoms with Gasteiger partial charge in [-0.05, 0) is 37.6 Å². The summed E-state index contributed by atoms with van der Waals surface area (Å²) in [6.45, 7) is 4.07. The zero-order valence-corrected chi connectivity index (χ0v) is 15.5. The van der Waals surface area contributed by atoms with Crippen LogP contribution >= 0.6 is 11.6 Å². The predicted octanol–water partition coefficient (Wildman–Crippen LogP) is 4.40. The molecule has 3 aromatic heterocycles. The Labute approximate surface area is 160 Å². The summed E-state index contributed by atoms with van der Waals surface area (Å²) >= 11 is 6.18. The number of benzene rings is 2. The molecule has 0 fully saturated rings. The Balaban J connectivity index is 1.74. The molecular formula is C20H15ClN6. The van der Waals surface area contributed by atoms with Gasteiger partial charge in [0.1, 0.15) is 6.33 Å². The van der Waals surface area contributed by atoms with Gasteiger partial charge in [0.25, 0.3) is 0 Å². The van der Waals surface area contributed by atoms with Crippen molar-refractivity contribution in [1.82, 2.24) is 29.4 Å². The van der Waals surface area contributed by atoms with Crippen molar-refractivity contribution in [2.24, 2.45) is 0 Å². The second-order valence-electron chi connectivity index (χ2n) is 6.56. The standard InChI is InChI=1S/C20H15ClN6/c1-12-4-3-5-14(8-12)18-24-25-20-16-10-23-27(19(16)22-11-26(18)20)17-9-15(21)7-6-13(17)2/h3-11H,1-2H3. The van der Waals surface area contributed by atoms with Crippen molar-refractivity contribution in [3.05, 3.63) is 71.1 Å². The SMILES string of the molecule is Cc1cccc(-c2nnc3c4cnn(-c5cc(Cl)ccc5C)c4ncn23)c1. The third-order valence-electron chi connectivity index (χ3n) is 4.65. The molecule has 0 bridgehead atoms. The molecule has 27 heavy (non-hydrogen) atoms. The van der Waals surface area contributed by atoms with Gasteiger partial charge >= 0.3 is 0 Å². The first-order valence-corrected chi connectivity index (χ1v) is 8.90.